The number of nitrogens with zero attached hydrogens (tertiary/aromatic N) is 1. The number of benzene rings is 2. The number of amides is 1. The number of nitrogens with one attached hydrogen (secondary N) is 1. The summed E-state index contributed by atoms with van der Waals surface area (Å²) in [5.41, 5.74) is 1.09. The Labute approximate surface area is 171 Å². The first-order valence-electron chi connectivity index (χ1n) is 8.17. The van der Waals surface area contributed by atoms with Gasteiger partial charge in [-0.25, -0.2) is 0 Å². The summed E-state index contributed by atoms with van der Waals surface area (Å²) in [6.45, 7) is 2.49. The van der Waals surface area contributed by atoms with Crippen molar-refractivity contribution in [1.29, 1.82) is 5.26 Å². The van der Waals surface area contributed by atoms with Gasteiger partial charge in [0.15, 0.2) is 11.5 Å². The van der Waals surface area contributed by atoms with Crippen LogP contribution < -0.4 is 14.8 Å². The fraction of sp³-hybridized carbons (Fsp3) is 0.200. The molecule has 0 aromatic heterocycles. The number of ether oxygens (including phenoxy) is 2. The molecule has 0 radical (unpaired) electrons. The lowest BCUT2D eigenvalue weighted by Crippen LogP contribution is -2.13. The van der Waals surface area contributed by atoms with Gasteiger partial charge < -0.3 is 14.8 Å². The first kappa shape index (κ1) is 20.8. The van der Waals surface area contributed by atoms with Gasteiger partial charge in [-0.1, -0.05) is 34.5 Å². The van der Waals surface area contributed by atoms with E-state index in [1.807, 2.05) is 13.0 Å². The van der Waals surface area contributed by atoms with Crippen LogP contribution >= 0.6 is 27.5 Å². The van der Waals surface area contributed by atoms with Crippen molar-refractivity contribution < 1.29 is 14.3 Å². The van der Waals surface area contributed by atoms with Gasteiger partial charge in [0.25, 0.3) is 5.91 Å². The second-order valence-electron chi connectivity index (χ2n) is 5.51. The number of rotatable bonds is 7. The molecule has 0 heterocycles. The molecule has 1 amide bonds. The van der Waals surface area contributed by atoms with Gasteiger partial charge in [-0.05, 0) is 54.5 Å². The van der Waals surface area contributed by atoms with Crippen molar-refractivity contribution in [3.8, 4) is 17.6 Å². The van der Waals surface area contributed by atoms with Crippen molar-refractivity contribution >= 4 is 45.2 Å². The Balaban J connectivity index is 2.28. The molecule has 7 heteroatoms. The predicted molar refractivity (Wildman–Crippen MR) is 110 cm³/mol. The third-order valence-corrected chi connectivity index (χ3v) is 4.29. The largest absolute Gasteiger partial charge is 0.493 e. The Morgan fingerprint density at radius 2 is 2.04 bits per heavy atom. The minimum atomic E-state index is -0.513. The first-order valence-corrected chi connectivity index (χ1v) is 9.34. The molecule has 0 aliphatic rings. The Bertz CT molecular complexity index is 889. The standard InChI is InChI=1S/C20H18BrClN2O3/c1-3-8-27-19-17(22)10-13(11-18(19)26-2)9-14(12-23)20(25)24-16-6-4-15(21)5-7-16/h4-7,9-11H,3,8H2,1-2H3,(H,24,25)/b14-9+. The van der Waals surface area contributed by atoms with Crippen molar-refractivity contribution in [2.75, 3.05) is 19.0 Å². The van der Waals surface area contributed by atoms with Crippen LogP contribution in [0.2, 0.25) is 5.02 Å². The number of halogens is 2. The molecule has 0 saturated carbocycles. The van der Waals surface area contributed by atoms with Crippen molar-refractivity contribution in [3.05, 3.63) is 57.0 Å². The maximum Gasteiger partial charge on any atom is 0.266 e. The lowest BCUT2D eigenvalue weighted by molar-refractivity contribution is -0.112. The fourth-order valence-electron chi connectivity index (χ4n) is 2.21. The maximum absolute atomic E-state index is 12.4. The van der Waals surface area contributed by atoms with E-state index in [1.54, 1.807) is 36.4 Å². The summed E-state index contributed by atoms with van der Waals surface area (Å²) in [4.78, 5) is 12.4. The number of nitriles is 1. The van der Waals surface area contributed by atoms with Crippen molar-refractivity contribution in [2.24, 2.45) is 0 Å². The molecule has 0 aliphatic carbocycles. The molecule has 0 fully saturated rings. The van der Waals surface area contributed by atoms with Gasteiger partial charge in [-0.3, -0.25) is 4.79 Å². The van der Waals surface area contributed by atoms with Gasteiger partial charge in [0.1, 0.15) is 11.6 Å². The number of carbonyl (C=O) groups is 1. The number of methoxy groups -OCH3 is 1. The molecule has 140 valence electrons. The molecular formula is C20H18BrClN2O3. The minimum Gasteiger partial charge on any atom is -0.493 e. The summed E-state index contributed by atoms with van der Waals surface area (Å²) < 4.78 is 11.8. The van der Waals surface area contributed by atoms with Gasteiger partial charge in [0, 0.05) is 10.2 Å². The van der Waals surface area contributed by atoms with Gasteiger partial charge in [-0.15, -0.1) is 0 Å². The molecular weight excluding hydrogens is 432 g/mol. The van der Waals surface area contributed by atoms with Crippen LogP contribution in [0.5, 0.6) is 11.5 Å². The summed E-state index contributed by atoms with van der Waals surface area (Å²) in [5, 5.41) is 12.4. The number of anilines is 1. The molecule has 5 nitrogen and oxygen atoms in total. The summed E-state index contributed by atoms with van der Waals surface area (Å²) in [7, 11) is 1.50. The Morgan fingerprint density at radius 3 is 2.63 bits per heavy atom. The molecule has 0 aliphatic heterocycles. The van der Waals surface area contributed by atoms with Crippen LogP contribution in [0.1, 0.15) is 18.9 Å². The molecule has 27 heavy (non-hydrogen) atoms. The SMILES string of the molecule is CCCOc1c(Cl)cc(/C=C(\C#N)C(=O)Nc2ccc(Br)cc2)cc1OC. The van der Waals surface area contributed by atoms with E-state index in [0.717, 1.165) is 10.9 Å². The third-order valence-electron chi connectivity index (χ3n) is 3.48. The Hall–Kier alpha value is -2.49. The molecule has 0 saturated heterocycles. The van der Waals surface area contributed by atoms with E-state index < -0.39 is 5.91 Å². The van der Waals surface area contributed by atoms with Gasteiger partial charge in [-0.2, -0.15) is 5.26 Å². The van der Waals surface area contributed by atoms with E-state index in [1.165, 1.54) is 13.2 Å². The van der Waals surface area contributed by atoms with Gasteiger partial charge in [0.05, 0.1) is 18.7 Å². The average molecular weight is 450 g/mol. The molecule has 1 N–H and O–H groups in total. The highest BCUT2D eigenvalue weighted by Crippen LogP contribution is 2.37. The van der Waals surface area contributed by atoms with Crippen LogP contribution in [0, 0.1) is 11.3 Å². The van der Waals surface area contributed by atoms with E-state index in [2.05, 4.69) is 21.2 Å². The van der Waals surface area contributed by atoms with E-state index in [9.17, 15) is 10.1 Å². The van der Waals surface area contributed by atoms with E-state index in [-0.39, 0.29) is 5.57 Å². The molecule has 2 aromatic rings. The van der Waals surface area contributed by atoms with Crippen molar-refractivity contribution in [3.63, 3.8) is 0 Å². The lowest BCUT2D eigenvalue weighted by atomic mass is 10.1. The summed E-state index contributed by atoms with van der Waals surface area (Å²) >= 11 is 9.61. The van der Waals surface area contributed by atoms with Crippen LogP contribution in [-0.2, 0) is 4.79 Å². The number of hydrogen-bond donors (Lipinski definition) is 1. The highest BCUT2D eigenvalue weighted by atomic mass is 79.9. The van der Waals surface area contributed by atoms with Crippen LogP contribution in [0.25, 0.3) is 6.08 Å². The highest BCUT2D eigenvalue weighted by molar-refractivity contribution is 9.10. The first-order chi connectivity index (χ1) is 13.0. The Kier molecular flexibility index (Phi) is 7.71. The molecule has 2 aromatic carbocycles. The average Bonchev–Trinajstić information content (AvgIpc) is 2.66. The normalized spacial score (nSPS) is 10.9. The van der Waals surface area contributed by atoms with E-state index in [4.69, 9.17) is 21.1 Å². The molecule has 0 bridgehead atoms. The van der Waals surface area contributed by atoms with Gasteiger partial charge in [0.2, 0.25) is 0 Å². The smallest absolute Gasteiger partial charge is 0.266 e. The van der Waals surface area contributed by atoms with Crippen LogP contribution in [-0.4, -0.2) is 19.6 Å². The Morgan fingerprint density at radius 1 is 1.33 bits per heavy atom. The third kappa shape index (κ3) is 5.75. The summed E-state index contributed by atoms with van der Waals surface area (Å²) in [6.07, 6.45) is 2.28. The molecule has 0 spiro atoms. The summed E-state index contributed by atoms with van der Waals surface area (Å²) in [5.74, 6) is 0.366. The van der Waals surface area contributed by atoms with Crippen molar-refractivity contribution in [2.45, 2.75) is 13.3 Å². The minimum absolute atomic E-state index is 0.0572. The molecule has 0 unspecified atom stereocenters. The highest BCUT2D eigenvalue weighted by Gasteiger charge is 2.14. The van der Waals surface area contributed by atoms with Crippen LogP contribution in [0.4, 0.5) is 5.69 Å². The maximum atomic E-state index is 12.4. The predicted octanol–water partition coefficient (Wildman–Crippen LogP) is 5.45. The number of hydrogen-bond acceptors (Lipinski definition) is 4. The second-order valence-corrected chi connectivity index (χ2v) is 6.84. The zero-order valence-electron chi connectivity index (χ0n) is 14.9. The number of carbonyl (C=O) groups excluding carboxylic acids is 1. The zero-order valence-corrected chi connectivity index (χ0v) is 17.2. The molecule has 0 atom stereocenters. The quantitative estimate of drug-likeness (QED) is 0.451. The monoisotopic (exact) mass is 448 g/mol. The van der Waals surface area contributed by atoms with Crippen LogP contribution in [0.15, 0.2) is 46.4 Å². The zero-order chi connectivity index (χ0) is 19.8. The van der Waals surface area contributed by atoms with Crippen molar-refractivity contribution in [1.82, 2.24) is 0 Å². The van der Waals surface area contributed by atoms with Crippen LogP contribution in [0.3, 0.4) is 0 Å². The van der Waals surface area contributed by atoms with E-state index in [0.29, 0.717) is 34.4 Å². The lowest BCUT2D eigenvalue weighted by Gasteiger charge is -2.13. The summed E-state index contributed by atoms with van der Waals surface area (Å²) in [6, 6.07) is 12.3. The molecule has 2 rings (SSSR count). The van der Waals surface area contributed by atoms with Gasteiger partial charge >= 0.3 is 0 Å². The second kappa shape index (κ2) is 10.0. The fourth-order valence-corrected chi connectivity index (χ4v) is 2.75. The van der Waals surface area contributed by atoms with E-state index >= 15 is 0 Å². The topological polar surface area (TPSA) is 71.3 Å².